The topological polar surface area (TPSA) is 149 Å². The Bertz CT molecular complexity index is 942. The van der Waals surface area contributed by atoms with Crippen LogP contribution in [0.1, 0.15) is 25.8 Å². The number of carboxylic acids is 2. The molecule has 0 saturated heterocycles. The van der Waals surface area contributed by atoms with Gasteiger partial charge in [-0.25, -0.2) is 4.79 Å². The largest absolute Gasteiger partial charge is 0.481 e. The number of aromatic nitrogens is 1. The van der Waals surface area contributed by atoms with Gasteiger partial charge in [0.15, 0.2) is 0 Å². The van der Waals surface area contributed by atoms with E-state index in [0.29, 0.717) is 5.56 Å². The van der Waals surface area contributed by atoms with E-state index in [-0.39, 0.29) is 12.3 Å². The lowest BCUT2D eigenvalue weighted by atomic mass is 10.0. The molecule has 0 aliphatic carbocycles. The van der Waals surface area contributed by atoms with E-state index in [1.807, 2.05) is 24.3 Å². The van der Waals surface area contributed by atoms with E-state index in [2.05, 4.69) is 28.2 Å². The number of H-pyrrole nitrogens is 1. The monoisotopic (exact) mass is 435 g/mol. The molecule has 2 amide bonds. The van der Waals surface area contributed by atoms with E-state index in [1.54, 1.807) is 20.0 Å². The zero-order valence-corrected chi connectivity index (χ0v) is 17.5. The predicted octanol–water partition coefficient (Wildman–Crippen LogP) is 1.19. The summed E-state index contributed by atoms with van der Waals surface area (Å²) in [5, 5.41) is 23.4. The Morgan fingerprint density at radius 3 is 2.27 bits per heavy atom. The third-order valence-corrected chi connectivity index (χ3v) is 5.46. The molecule has 1 aromatic heterocycles. The molecule has 1 unspecified atom stereocenters. The first-order valence-electron chi connectivity index (χ1n) is 9.38. The standard InChI is InChI=1S/C20H25N3O6S/c1-10(2)17(30)19(27)22-14(8-16(24)25)18(26)23-15(20(28)29)7-11-9-21-13-6-4-3-5-12(11)13/h3-6,9-10,14-15,17,21,30H,7-8H2,1-2H3,(H,22,27)(H,23,26)(H,24,25)(H,28,29)/t14?,15-,17-/m0/s1. The van der Waals surface area contributed by atoms with Gasteiger partial charge in [0.2, 0.25) is 11.8 Å². The molecule has 9 nitrogen and oxygen atoms in total. The van der Waals surface area contributed by atoms with Crippen molar-refractivity contribution < 1.29 is 29.4 Å². The number of carbonyl (C=O) groups is 4. The van der Waals surface area contributed by atoms with Crippen molar-refractivity contribution in [3.8, 4) is 0 Å². The van der Waals surface area contributed by atoms with Crippen molar-refractivity contribution >= 4 is 47.3 Å². The Hall–Kier alpha value is -3.01. The molecule has 0 aliphatic rings. The smallest absolute Gasteiger partial charge is 0.326 e. The van der Waals surface area contributed by atoms with Crippen LogP contribution in [-0.2, 0) is 25.6 Å². The summed E-state index contributed by atoms with van der Waals surface area (Å²) >= 11 is 4.16. The van der Waals surface area contributed by atoms with Crippen molar-refractivity contribution in [1.82, 2.24) is 15.6 Å². The van der Waals surface area contributed by atoms with Crippen LogP contribution in [0.4, 0.5) is 0 Å². The van der Waals surface area contributed by atoms with Crippen LogP contribution in [-0.4, -0.2) is 56.3 Å². The fraction of sp³-hybridized carbons (Fsp3) is 0.400. The van der Waals surface area contributed by atoms with E-state index in [9.17, 15) is 24.3 Å². The summed E-state index contributed by atoms with van der Waals surface area (Å²) in [7, 11) is 0. The number of carbonyl (C=O) groups excluding carboxylic acids is 2. The van der Waals surface area contributed by atoms with Gasteiger partial charge in [0.1, 0.15) is 12.1 Å². The highest BCUT2D eigenvalue weighted by atomic mass is 32.1. The van der Waals surface area contributed by atoms with Crippen molar-refractivity contribution in [3.63, 3.8) is 0 Å². The zero-order valence-electron chi connectivity index (χ0n) is 16.6. The molecule has 5 N–H and O–H groups in total. The molecule has 1 heterocycles. The quantitative estimate of drug-likeness (QED) is 0.309. The van der Waals surface area contributed by atoms with Gasteiger partial charge >= 0.3 is 11.9 Å². The van der Waals surface area contributed by atoms with E-state index >= 15 is 0 Å². The van der Waals surface area contributed by atoms with Crippen LogP contribution in [0.25, 0.3) is 10.9 Å². The second-order valence-electron chi connectivity index (χ2n) is 7.31. The van der Waals surface area contributed by atoms with Crippen LogP contribution in [0.3, 0.4) is 0 Å². The second kappa shape index (κ2) is 10.1. The molecule has 0 fully saturated rings. The summed E-state index contributed by atoms with van der Waals surface area (Å²) in [6.45, 7) is 3.51. The number of aliphatic carboxylic acids is 2. The maximum Gasteiger partial charge on any atom is 0.326 e. The Balaban J connectivity index is 2.16. The van der Waals surface area contributed by atoms with Gasteiger partial charge in [-0.1, -0.05) is 32.0 Å². The number of carboxylic acid groups (broad SMARTS) is 2. The molecule has 0 aliphatic heterocycles. The summed E-state index contributed by atoms with van der Waals surface area (Å²) in [6, 6.07) is 4.59. The number of benzene rings is 1. The first-order valence-corrected chi connectivity index (χ1v) is 9.90. The summed E-state index contributed by atoms with van der Waals surface area (Å²) in [4.78, 5) is 50.8. The molecule has 0 spiro atoms. The molecule has 30 heavy (non-hydrogen) atoms. The van der Waals surface area contributed by atoms with Gasteiger partial charge in [0.05, 0.1) is 11.7 Å². The maximum absolute atomic E-state index is 12.6. The van der Waals surface area contributed by atoms with Gasteiger partial charge in [0, 0.05) is 23.5 Å². The summed E-state index contributed by atoms with van der Waals surface area (Å²) in [6.07, 6.45) is 0.965. The molecule has 3 atom stereocenters. The van der Waals surface area contributed by atoms with Crippen molar-refractivity contribution in [2.45, 2.75) is 44.0 Å². The zero-order chi connectivity index (χ0) is 22.4. The summed E-state index contributed by atoms with van der Waals surface area (Å²) in [5.41, 5.74) is 1.51. The van der Waals surface area contributed by atoms with Gasteiger partial charge in [-0.2, -0.15) is 12.6 Å². The molecule has 10 heteroatoms. The number of hydrogen-bond donors (Lipinski definition) is 6. The average molecular weight is 436 g/mol. The summed E-state index contributed by atoms with van der Waals surface area (Å²) in [5.74, 6) is -4.21. The molecular formula is C20H25N3O6S. The third kappa shape index (κ3) is 5.99. The number of nitrogens with one attached hydrogen (secondary N) is 3. The third-order valence-electron chi connectivity index (χ3n) is 4.63. The molecule has 2 rings (SSSR count). The molecule has 2 aromatic rings. The van der Waals surface area contributed by atoms with E-state index < -0.39 is 47.5 Å². The van der Waals surface area contributed by atoms with Crippen LogP contribution >= 0.6 is 12.6 Å². The molecule has 0 saturated carbocycles. The van der Waals surface area contributed by atoms with Crippen LogP contribution in [0.2, 0.25) is 0 Å². The lowest BCUT2D eigenvalue weighted by Crippen LogP contribution is -2.54. The summed E-state index contributed by atoms with van der Waals surface area (Å²) < 4.78 is 0. The number of amides is 2. The highest BCUT2D eigenvalue weighted by molar-refractivity contribution is 7.81. The number of rotatable bonds is 10. The van der Waals surface area contributed by atoms with Crippen LogP contribution in [0.15, 0.2) is 30.5 Å². The van der Waals surface area contributed by atoms with E-state index in [0.717, 1.165) is 10.9 Å². The van der Waals surface area contributed by atoms with E-state index in [1.165, 1.54) is 0 Å². The lowest BCUT2D eigenvalue weighted by molar-refractivity contribution is -0.143. The number of hydrogen-bond acceptors (Lipinski definition) is 5. The van der Waals surface area contributed by atoms with Crippen molar-refractivity contribution in [3.05, 3.63) is 36.0 Å². The fourth-order valence-corrected chi connectivity index (χ4v) is 3.01. The Labute approximate surface area is 178 Å². The number of fused-ring (bicyclic) bond motifs is 1. The second-order valence-corrected chi connectivity index (χ2v) is 7.87. The molecule has 0 radical (unpaired) electrons. The van der Waals surface area contributed by atoms with Gasteiger partial charge in [-0.15, -0.1) is 0 Å². The van der Waals surface area contributed by atoms with Gasteiger partial charge in [-0.3, -0.25) is 14.4 Å². The normalized spacial score (nSPS) is 14.1. The van der Waals surface area contributed by atoms with Crippen molar-refractivity contribution in [1.29, 1.82) is 0 Å². The number of thiol groups is 1. The minimum absolute atomic E-state index is 0.0139. The average Bonchev–Trinajstić information content (AvgIpc) is 3.08. The first kappa shape index (κ1) is 23.3. The molecule has 162 valence electrons. The van der Waals surface area contributed by atoms with Crippen molar-refractivity contribution in [2.24, 2.45) is 5.92 Å². The maximum atomic E-state index is 12.6. The SMILES string of the molecule is CC(C)[C@H](S)C(=O)NC(CC(=O)O)C(=O)N[C@@H](Cc1c[nH]c2ccccc12)C(=O)O. The minimum atomic E-state index is -1.42. The highest BCUT2D eigenvalue weighted by Crippen LogP contribution is 2.19. The van der Waals surface area contributed by atoms with Crippen LogP contribution in [0, 0.1) is 5.92 Å². The molecule has 0 bridgehead atoms. The van der Waals surface area contributed by atoms with Crippen LogP contribution in [0.5, 0.6) is 0 Å². The number of aromatic amines is 1. The Kier molecular flexibility index (Phi) is 7.87. The van der Waals surface area contributed by atoms with Crippen molar-refractivity contribution in [2.75, 3.05) is 0 Å². The fourth-order valence-electron chi connectivity index (χ4n) is 2.94. The van der Waals surface area contributed by atoms with Crippen LogP contribution < -0.4 is 10.6 Å². The van der Waals surface area contributed by atoms with Gasteiger partial charge in [0.25, 0.3) is 0 Å². The lowest BCUT2D eigenvalue weighted by Gasteiger charge is -2.22. The van der Waals surface area contributed by atoms with Gasteiger partial charge in [-0.05, 0) is 17.5 Å². The Morgan fingerprint density at radius 2 is 1.67 bits per heavy atom. The van der Waals surface area contributed by atoms with Gasteiger partial charge < -0.3 is 25.8 Å². The predicted molar refractivity (Wildman–Crippen MR) is 113 cm³/mol. The first-order chi connectivity index (χ1) is 14.1. The number of para-hydroxylation sites is 1. The molecule has 1 aromatic carbocycles. The van der Waals surface area contributed by atoms with E-state index in [4.69, 9.17) is 5.11 Å². The Morgan fingerprint density at radius 1 is 1.03 bits per heavy atom. The molecular weight excluding hydrogens is 410 g/mol. The minimum Gasteiger partial charge on any atom is -0.481 e. The highest BCUT2D eigenvalue weighted by Gasteiger charge is 2.30.